The number of hydrogen-bond acceptors (Lipinski definition) is 9. The molecule has 0 amide bonds. The summed E-state index contributed by atoms with van der Waals surface area (Å²) in [5.74, 6) is -1.81. The highest BCUT2D eigenvalue weighted by Gasteiger charge is 2.57. The third kappa shape index (κ3) is 5.35. The van der Waals surface area contributed by atoms with Crippen molar-refractivity contribution in [3.8, 4) is 0 Å². The van der Waals surface area contributed by atoms with Gasteiger partial charge in [0.2, 0.25) is 0 Å². The van der Waals surface area contributed by atoms with E-state index in [2.05, 4.69) is 12.2 Å². The van der Waals surface area contributed by atoms with Crippen LogP contribution in [0.3, 0.4) is 0 Å². The van der Waals surface area contributed by atoms with E-state index in [0.29, 0.717) is 19.4 Å². The minimum atomic E-state index is -1.42. The molecule has 0 aromatic heterocycles. The fourth-order valence-corrected chi connectivity index (χ4v) is 6.58. The Balaban J connectivity index is 2.08. The Kier molecular flexibility index (Phi) is 8.91. The van der Waals surface area contributed by atoms with E-state index in [1.54, 1.807) is 13.8 Å². The van der Waals surface area contributed by atoms with Gasteiger partial charge in [-0.1, -0.05) is 20.8 Å². The zero-order valence-corrected chi connectivity index (χ0v) is 23.2. The van der Waals surface area contributed by atoms with Crippen LogP contribution in [-0.2, 0) is 38.1 Å². The fraction of sp³-hybridized carbons (Fsp3) is 0.889. The van der Waals surface area contributed by atoms with Crippen molar-refractivity contribution in [2.45, 2.75) is 104 Å². The maximum absolute atomic E-state index is 14.0. The van der Waals surface area contributed by atoms with Crippen molar-refractivity contribution in [3.05, 3.63) is 0 Å². The summed E-state index contributed by atoms with van der Waals surface area (Å²) in [6.07, 6.45) is 0.222. The molecular formula is C27H45NO8. The number of Topliss-reactive ketones (excluding diaryl/α,β-unsaturated/α-hetero) is 1. The molecule has 36 heavy (non-hydrogen) atoms. The Hall–Kier alpha value is -1.55. The Labute approximate surface area is 215 Å². The molecule has 4 rings (SSSR count). The predicted molar refractivity (Wildman–Crippen MR) is 132 cm³/mol. The molecular weight excluding hydrogens is 466 g/mol. The van der Waals surface area contributed by atoms with Gasteiger partial charge in [-0.3, -0.25) is 14.4 Å². The molecule has 4 heterocycles. The number of methoxy groups -OCH3 is 1. The number of ether oxygens (including phenoxy) is 5. The summed E-state index contributed by atoms with van der Waals surface area (Å²) in [5.41, 5.74) is -3.19. The van der Waals surface area contributed by atoms with Crippen LogP contribution in [0.4, 0.5) is 0 Å². The molecule has 206 valence electrons. The van der Waals surface area contributed by atoms with Crippen molar-refractivity contribution in [1.29, 1.82) is 0 Å². The average molecular weight is 512 g/mol. The molecule has 4 fully saturated rings. The van der Waals surface area contributed by atoms with Gasteiger partial charge in [-0.05, 0) is 59.4 Å². The lowest BCUT2D eigenvalue weighted by Crippen LogP contribution is -2.57. The van der Waals surface area contributed by atoms with E-state index in [-0.39, 0.29) is 55.9 Å². The number of carbonyl (C=O) groups excluding carboxylic acids is 3. The maximum atomic E-state index is 14.0. The van der Waals surface area contributed by atoms with Gasteiger partial charge in [0.1, 0.15) is 18.3 Å². The Morgan fingerprint density at radius 2 is 1.81 bits per heavy atom. The number of hydrogen-bond donors (Lipinski definition) is 1. The van der Waals surface area contributed by atoms with Crippen LogP contribution in [0.2, 0.25) is 0 Å². The Bertz CT molecular complexity index is 835. The van der Waals surface area contributed by atoms with Crippen LogP contribution < -0.4 is 5.32 Å². The van der Waals surface area contributed by atoms with E-state index in [4.69, 9.17) is 23.7 Å². The predicted octanol–water partition coefficient (Wildman–Crippen LogP) is 3.03. The summed E-state index contributed by atoms with van der Waals surface area (Å²) >= 11 is 0. The van der Waals surface area contributed by atoms with Gasteiger partial charge >= 0.3 is 11.9 Å². The molecule has 4 aliphatic rings. The highest BCUT2D eigenvalue weighted by molar-refractivity contribution is 6.04. The van der Waals surface area contributed by atoms with Crippen LogP contribution in [0.25, 0.3) is 0 Å². The van der Waals surface area contributed by atoms with Gasteiger partial charge in [-0.15, -0.1) is 0 Å². The molecule has 0 aromatic rings. The van der Waals surface area contributed by atoms with Gasteiger partial charge < -0.3 is 29.0 Å². The SMILES string of the molecule is CC[C@H]1OC(=O)[C@]2(C)CCO[C@@](C)(C[C@@H](C)CN[C@H](C)[C@H]3CC(=O)O[C@@]31C)[C@H](OCOC)[C@@H](C)C2=O. The second-order valence-corrected chi connectivity index (χ2v) is 11.7. The van der Waals surface area contributed by atoms with Crippen molar-refractivity contribution in [2.75, 3.05) is 27.1 Å². The van der Waals surface area contributed by atoms with Gasteiger partial charge in [0.05, 0.1) is 18.1 Å². The van der Waals surface area contributed by atoms with Gasteiger partial charge in [0, 0.05) is 31.6 Å². The van der Waals surface area contributed by atoms with Crippen molar-refractivity contribution >= 4 is 17.7 Å². The second kappa shape index (κ2) is 11.1. The highest BCUT2D eigenvalue weighted by atomic mass is 16.7. The molecule has 2 bridgehead atoms. The molecule has 9 atom stereocenters. The van der Waals surface area contributed by atoms with E-state index in [1.807, 2.05) is 27.7 Å². The van der Waals surface area contributed by atoms with Crippen molar-refractivity contribution in [3.63, 3.8) is 0 Å². The van der Waals surface area contributed by atoms with Gasteiger partial charge in [-0.2, -0.15) is 0 Å². The largest absolute Gasteiger partial charge is 0.457 e. The van der Waals surface area contributed by atoms with Crippen molar-refractivity contribution < 1.29 is 38.1 Å². The number of esters is 2. The third-order valence-electron chi connectivity index (χ3n) is 8.72. The van der Waals surface area contributed by atoms with Crippen LogP contribution in [0.15, 0.2) is 0 Å². The van der Waals surface area contributed by atoms with Gasteiger partial charge in [0.15, 0.2) is 11.4 Å². The van der Waals surface area contributed by atoms with Crippen LogP contribution in [0.1, 0.15) is 74.1 Å². The smallest absolute Gasteiger partial charge is 0.319 e. The molecule has 0 radical (unpaired) electrons. The minimum Gasteiger partial charge on any atom is -0.457 e. The lowest BCUT2D eigenvalue weighted by molar-refractivity contribution is -0.212. The van der Waals surface area contributed by atoms with Crippen LogP contribution in [0.5, 0.6) is 0 Å². The van der Waals surface area contributed by atoms with Gasteiger partial charge in [-0.25, -0.2) is 0 Å². The van der Waals surface area contributed by atoms with Crippen LogP contribution >= 0.6 is 0 Å². The monoisotopic (exact) mass is 511 g/mol. The molecule has 0 aliphatic carbocycles. The van der Waals surface area contributed by atoms with Crippen molar-refractivity contribution in [1.82, 2.24) is 5.32 Å². The lowest BCUT2D eigenvalue weighted by atomic mass is 9.71. The first-order chi connectivity index (χ1) is 16.8. The molecule has 9 nitrogen and oxygen atoms in total. The molecule has 0 spiro atoms. The summed E-state index contributed by atoms with van der Waals surface area (Å²) in [6, 6.07) is -0.0634. The lowest BCUT2D eigenvalue weighted by Gasteiger charge is -2.45. The summed E-state index contributed by atoms with van der Waals surface area (Å²) in [6.45, 7) is 14.2. The van der Waals surface area contributed by atoms with E-state index in [0.717, 1.165) is 0 Å². The standard InChI is InChI=1S/C27H45NO8/c1-9-20-27(7)19(12-21(29)36-27)18(4)28-14-16(2)13-26(6)23(33-15-32-8)17(3)22(30)25(5,10-11-34-26)24(31)35-20/h16-20,23,28H,9-15H2,1-8H3/t16-,17+,18-,19-,20-,23-,25-,26+,27+/m1/s1. The second-order valence-electron chi connectivity index (χ2n) is 11.7. The van der Waals surface area contributed by atoms with E-state index < -0.39 is 40.7 Å². The average Bonchev–Trinajstić information content (AvgIpc) is 3.13. The zero-order chi connectivity index (χ0) is 26.9. The normalized spacial score (nSPS) is 44.7. The first-order valence-electron chi connectivity index (χ1n) is 13.3. The minimum absolute atomic E-state index is 0.00930. The number of fused-ring (bicyclic) bond motifs is 10. The molecule has 9 heteroatoms. The zero-order valence-electron chi connectivity index (χ0n) is 23.2. The number of carbonyl (C=O) groups is 3. The number of rotatable bonds is 4. The molecule has 1 N–H and O–H groups in total. The first kappa shape index (κ1) is 29.0. The van der Waals surface area contributed by atoms with Crippen LogP contribution in [-0.4, -0.2) is 74.2 Å². The Morgan fingerprint density at radius 1 is 1.11 bits per heavy atom. The summed E-state index contributed by atoms with van der Waals surface area (Å²) in [5, 5.41) is 3.59. The van der Waals surface area contributed by atoms with Crippen LogP contribution in [0, 0.1) is 23.2 Å². The summed E-state index contributed by atoms with van der Waals surface area (Å²) in [4.78, 5) is 40.2. The number of ketones is 1. The fourth-order valence-electron chi connectivity index (χ4n) is 6.58. The molecule has 0 aromatic carbocycles. The highest BCUT2D eigenvalue weighted by Crippen LogP contribution is 2.44. The molecule has 4 aliphatic heterocycles. The maximum Gasteiger partial charge on any atom is 0.319 e. The van der Waals surface area contributed by atoms with E-state index in [1.165, 1.54) is 7.11 Å². The van der Waals surface area contributed by atoms with Crippen molar-refractivity contribution in [2.24, 2.45) is 23.2 Å². The first-order valence-corrected chi connectivity index (χ1v) is 13.3. The van der Waals surface area contributed by atoms with E-state index in [9.17, 15) is 14.4 Å². The molecule has 4 saturated heterocycles. The quantitative estimate of drug-likeness (QED) is 0.346. The van der Waals surface area contributed by atoms with E-state index >= 15 is 0 Å². The molecule has 0 unspecified atom stereocenters. The van der Waals surface area contributed by atoms with Gasteiger partial charge in [0.25, 0.3) is 0 Å². The third-order valence-corrected chi connectivity index (χ3v) is 8.72. The number of nitrogens with one attached hydrogen (secondary N) is 1. The topological polar surface area (TPSA) is 109 Å². The summed E-state index contributed by atoms with van der Waals surface area (Å²) < 4.78 is 29.6. The molecule has 0 saturated carbocycles. The Morgan fingerprint density at radius 3 is 2.44 bits per heavy atom. The summed E-state index contributed by atoms with van der Waals surface area (Å²) in [7, 11) is 1.54.